The highest BCUT2D eigenvalue weighted by Gasteiger charge is 2.29. The molecule has 3 heteroatoms. The lowest BCUT2D eigenvalue weighted by Crippen LogP contribution is -2.27. The third kappa shape index (κ3) is 2.72. The zero-order valence-corrected chi connectivity index (χ0v) is 9.36. The van der Waals surface area contributed by atoms with Crippen molar-refractivity contribution in [2.45, 2.75) is 18.8 Å². The van der Waals surface area contributed by atoms with Gasteiger partial charge in [-0.25, -0.2) is 10.0 Å². The van der Waals surface area contributed by atoms with Crippen molar-refractivity contribution in [3.63, 3.8) is 0 Å². The first-order chi connectivity index (χ1) is 4.31. The molecule has 0 atom stereocenters. The minimum atomic E-state index is -0.608. The molecule has 1 nitrogen and oxygen atoms in total. The number of hydrogen-bond donors (Lipinski definition) is 0. The Kier molecular flexibility index (Phi) is 3.59. The normalized spacial score (nSPS) is 15.4. The van der Waals surface area contributed by atoms with E-state index in [1.807, 2.05) is 6.26 Å². The molecule has 0 saturated carbocycles. The first-order valence-corrected chi connectivity index (χ1v) is 7.22. The lowest BCUT2D eigenvalue weighted by atomic mass is 10.5. The fourth-order valence-corrected chi connectivity index (χ4v) is 1.72. The van der Waals surface area contributed by atoms with E-state index in [1.54, 1.807) is 0 Å². The summed E-state index contributed by atoms with van der Waals surface area (Å²) in [5.74, 6) is 0. The Morgan fingerprint density at radius 1 is 1.20 bits per heavy atom. The van der Waals surface area contributed by atoms with Crippen LogP contribution in [0.25, 0.3) is 0 Å². The molecule has 0 fully saturated rings. The Balaban J connectivity index is 4.10. The van der Waals surface area contributed by atoms with Crippen LogP contribution in [0.15, 0.2) is 0 Å². The van der Waals surface area contributed by atoms with Gasteiger partial charge in [-0.1, -0.05) is 0 Å². The fourth-order valence-electron chi connectivity index (χ4n) is 0.303. The second-order valence-electron chi connectivity index (χ2n) is 3.49. The van der Waals surface area contributed by atoms with Gasteiger partial charge in [0.05, 0.1) is 0 Å². The zero-order chi connectivity index (χ0) is 8.41. The van der Waals surface area contributed by atoms with E-state index in [9.17, 15) is 0 Å². The Labute approximate surface area is 70.4 Å². The molecule has 0 aliphatic heterocycles. The molecule has 64 valence electrons. The average Bonchev–Trinajstić information content (AvgIpc) is 1.61. The van der Waals surface area contributed by atoms with Gasteiger partial charge in [0.15, 0.2) is 0 Å². The molecule has 0 aromatic rings. The zero-order valence-electron chi connectivity index (χ0n) is 7.72. The first-order valence-electron chi connectivity index (χ1n) is 3.21. The minimum absolute atomic E-state index is 0.0341. The molecule has 0 aromatic heterocycles. The average molecular weight is 182 g/mol. The molecule has 0 aliphatic carbocycles. The molecule has 0 spiro atoms. The first kappa shape index (κ1) is 10.7. The van der Waals surface area contributed by atoms with Crippen molar-refractivity contribution in [3.8, 4) is 0 Å². The summed E-state index contributed by atoms with van der Waals surface area (Å²) < 4.78 is 5.55. The van der Waals surface area contributed by atoms with Crippen LogP contribution >= 0.6 is 22.1 Å². The monoisotopic (exact) mass is 182 g/mol. The van der Waals surface area contributed by atoms with Crippen molar-refractivity contribution in [3.05, 3.63) is 0 Å². The molecule has 0 unspecified atom stereocenters. The van der Waals surface area contributed by atoms with Gasteiger partial charge >= 0.3 is 0 Å². The molecular formula is C7H18OS2. The lowest BCUT2D eigenvalue weighted by molar-refractivity contribution is 0.246. The highest BCUT2D eigenvalue weighted by Crippen LogP contribution is 2.51. The van der Waals surface area contributed by atoms with Gasteiger partial charge in [-0.2, -0.15) is 0 Å². The lowest BCUT2D eigenvalue weighted by Gasteiger charge is -2.42. The highest BCUT2D eigenvalue weighted by molar-refractivity contribution is 8.33. The van der Waals surface area contributed by atoms with Gasteiger partial charge in [0, 0.05) is 6.26 Å². The van der Waals surface area contributed by atoms with E-state index in [2.05, 4.69) is 32.6 Å². The van der Waals surface area contributed by atoms with E-state index in [0.29, 0.717) is 0 Å². The van der Waals surface area contributed by atoms with Crippen molar-refractivity contribution in [2.75, 3.05) is 25.0 Å². The maximum Gasteiger partial charge on any atom is 0.107 e. The fraction of sp³-hybridized carbons (Fsp3) is 1.00. The summed E-state index contributed by atoms with van der Waals surface area (Å²) in [6, 6.07) is 0. The number of hydrogen-bond acceptors (Lipinski definition) is 2. The minimum Gasteiger partial charge on any atom is -0.300 e. The highest BCUT2D eigenvalue weighted by atomic mass is 32.3. The van der Waals surface area contributed by atoms with Crippen molar-refractivity contribution < 1.29 is 4.18 Å². The molecular weight excluding hydrogens is 164 g/mol. The summed E-state index contributed by atoms with van der Waals surface area (Å²) in [5.41, 5.74) is 0. The van der Waals surface area contributed by atoms with Gasteiger partial charge in [-0.15, -0.1) is 0 Å². The predicted octanol–water partition coefficient (Wildman–Crippen LogP) is 2.71. The predicted molar refractivity (Wildman–Crippen MR) is 54.0 cm³/mol. The van der Waals surface area contributed by atoms with Crippen LogP contribution in [0.3, 0.4) is 0 Å². The third-order valence-electron chi connectivity index (χ3n) is 1.76. The van der Waals surface area contributed by atoms with Gasteiger partial charge in [-0.3, -0.25) is 0 Å². The second kappa shape index (κ2) is 3.37. The molecule has 0 amide bonds. The van der Waals surface area contributed by atoms with Crippen molar-refractivity contribution in [2.24, 2.45) is 0 Å². The van der Waals surface area contributed by atoms with Gasteiger partial charge in [0.2, 0.25) is 0 Å². The number of rotatable bonds is 3. The van der Waals surface area contributed by atoms with E-state index in [0.717, 1.165) is 0 Å². The van der Waals surface area contributed by atoms with Gasteiger partial charge < -0.3 is 4.18 Å². The van der Waals surface area contributed by atoms with Gasteiger partial charge in [0.25, 0.3) is 0 Å². The molecule has 0 saturated heterocycles. The summed E-state index contributed by atoms with van der Waals surface area (Å²) in [5, 5.41) is 0. The largest absolute Gasteiger partial charge is 0.300 e. The van der Waals surface area contributed by atoms with E-state index >= 15 is 0 Å². The summed E-state index contributed by atoms with van der Waals surface area (Å²) >= 11 is 1.46. The van der Waals surface area contributed by atoms with Crippen molar-refractivity contribution in [1.29, 1.82) is 0 Å². The summed E-state index contributed by atoms with van der Waals surface area (Å²) in [4.78, 5) is 0.0341. The van der Waals surface area contributed by atoms with Crippen LogP contribution in [0, 0.1) is 0 Å². The Morgan fingerprint density at radius 3 is 1.70 bits per heavy atom. The standard InChI is InChI=1S/C7H18OS2/c1-7(2,8-9-3)10(4,5)6/h1-6H3. The van der Waals surface area contributed by atoms with Gasteiger partial charge in [0.1, 0.15) is 4.93 Å². The van der Waals surface area contributed by atoms with Crippen LogP contribution < -0.4 is 0 Å². The topological polar surface area (TPSA) is 9.23 Å². The summed E-state index contributed by atoms with van der Waals surface area (Å²) in [7, 11) is -0.608. The van der Waals surface area contributed by atoms with Crippen LogP contribution in [0.1, 0.15) is 13.8 Å². The van der Waals surface area contributed by atoms with Crippen molar-refractivity contribution >= 4 is 22.1 Å². The molecule has 0 bridgehead atoms. The summed E-state index contributed by atoms with van der Waals surface area (Å²) in [6.07, 6.45) is 8.77. The Morgan fingerprint density at radius 2 is 1.60 bits per heavy atom. The quantitative estimate of drug-likeness (QED) is 0.621. The van der Waals surface area contributed by atoms with Crippen LogP contribution in [0.5, 0.6) is 0 Å². The van der Waals surface area contributed by atoms with Crippen LogP contribution in [-0.4, -0.2) is 30.0 Å². The third-order valence-corrected chi connectivity index (χ3v) is 5.48. The van der Waals surface area contributed by atoms with Crippen molar-refractivity contribution in [1.82, 2.24) is 0 Å². The molecule has 10 heavy (non-hydrogen) atoms. The SMILES string of the molecule is CSOC(C)(C)S(C)(C)C. The molecule has 0 aromatic carbocycles. The molecule has 0 N–H and O–H groups in total. The summed E-state index contributed by atoms with van der Waals surface area (Å²) in [6.45, 7) is 4.30. The van der Waals surface area contributed by atoms with E-state index in [-0.39, 0.29) is 4.93 Å². The molecule has 0 heterocycles. The maximum absolute atomic E-state index is 5.55. The Bertz CT molecular complexity index is 105. The van der Waals surface area contributed by atoms with E-state index in [1.165, 1.54) is 12.0 Å². The van der Waals surface area contributed by atoms with E-state index in [4.69, 9.17) is 4.18 Å². The van der Waals surface area contributed by atoms with E-state index < -0.39 is 10.0 Å². The Hall–Kier alpha value is 0.660. The van der Waals surface area contributed by atoms with Crippen LogP contribution in [-0.2, 0) is 4.18 Å². The molecule has 0 radical (unpaired) electrons. The van der Waals surface area contributed by atoms with Gasteiger partial charge in [-0.05, 0) is 44.7 Å². The maximum atomic E-state index is 5.55. The second-order valence-corrected chi connectivity index (χ2v) is 8.64. The molecule has 0 aliphatic rings. The smallest absolute Gasteiger partial charge is 0.107 e. The molecule has 0 rings (SSSR count). The van der Waals surface area contributed by atoms with Crippen LogP contribution in [0.4, 0.5) is 0 Å². The van der Waals surface area contributed by atoms with Crippen LogP contribution in [0.2, 0.25) is 0 Å².